The third-order valence-electron chi connectivity index (χ3n) is 3.53. The molecule has 3 heteroatoms. The normalized spacial score (nSPS) is 10.6. The van der Waals surface area contributed by atoms with Gasteiger partial charge < -0.3 is 4.74 Å². The van der Waals surface area contributed by atoms with Crippen molar-refractivity contribution in [1.82, 2.24) is 0 Å². The molecule has 0 spiro atoms. The summed E-state index contributed by atoms with van der Waals surface area (Å²) in [5.74, 6) is -0.230. The Morgan fingerprint density at radius 1 is 0.909 bits per heavy atom. The van der Waals surface area contributed by atoms with Gasteiger partial charge in [0.05, 0.1) is 6.42 Å². The summed E-state index contributed by atoms with van der Waals surface area (Å²) in [5, 5.41) is 2.89. The van der Waals surface area contributed by atoms with Crippen LogP contribution in [-0.4, -0.2) is 5.97 Å². The van der Waals surface area contributed by atoms with Crippen LogP contribution in [0.25, 0.3) is 10.8 Å². The lowest BCUT2D eigenvalue weighted by molar-refractivity contribution is -0.144. The minimum Gasteiger partial charge on any atom is -0.461 e. The number of esters is 1. The summed E-state index contributed by atoms with van der Waals surface area (Å²) in [7, 11) is 0. The summed E-state index contributed by atoms with van der Waals surface area (Å²) in [4.78, 5) is 12.0. The van der Waals surface area contributed by atoms with Gasteiger partial charge in [-0.05, 0) is 34.0 Å². The molecule has 110 valence electrons. The van der Waals surface area contributed by atoms with Gasteiger partial charge in [-0.25, -0.2) is 0 Å². The standard InChI is InChI=1S/C19H15ClO2/c20-17-10-8-14(9-11-17)13-22-19(21)12-16-6-3-5-15-4-1-2-7-18(15)16/h1-11H,12-13H2. The van der Waals surface area contributed by atoms with E-state index < -0.39 is 0 Å². The van der Waals surface area contributed by atoms with E-state index in [0.29, 0.717) is 5.02 Å². The Balaban J connectivity index is 1.67. The van der Waals surface area contributed by atoms with E-state index in [4.69, 9.17) is 16.3 Å². The second-order valence-corrected chi connectivity index (χ2v) is 5.54. The van der Waals surface area contributed by atoms with E-state index in [1.165, 1.54) is 0 Å². The monoisotopic (exact) mass is 310 g/mol. The van der Waals surface area contributed by atoms with Gasteiger partial charge in [-0.2, -0.15) is 0 Å². The molecule has 0 amide bonds. The summed E-state index contributed by atoms with van der Waals surface area (Å²) in [6, 6.07) is 21.3. The van der Waals surface area contributed by atoms with Gasteiger partial charge in [0.15, 0.2) is 0 Å². The molecule has 0 atom stereocenters. The average molecular weight is 311 g/mol. The molecule has 0 fully saturated rings. The number of hydrogen-bond donors (Lipinski definition) is 0. The first kappa shape index (κ1) is 14.6. The Morgan fingerprint density at radius 2 is 1.64 bits per heavy atom. The fourth-order valence-corrected chi connectivity index (χ4v) is 2.52. The van der Waals surface area contributed by atoms with E-state index in [2.05, 4.69) is 0 Å². The number of ether oxygens (including phenoxy) is 1. The minimum absolute atomic E-state index is 0.230. The maximum absolute atomic E-state index is 12.0. The van der Waals surface area contributed by atoms with Crippen LogP contribution in [0.5, 0.6) is 0 Å². The maximum Gasteiger partial charge on any atom is 0.310 e. The molecule has 0 unspecified atom stereocenters. The predicted molar refractivity (Wildman–Crippen MR) is 88.9 cm³/mol. The third kappa shape index (κ3) is 3.46. The highest BCUT2D eigenvalue weighted by atomic mass is 35.5. The van der Waals surface area contributed by atoms with Crippen molar-refractivity contribution in [2.24, 2.45) is 0 Å². The Kier molecular flexibility index (Phi) is 4.40. The van der Waals surface area contributed by atoms with Crippen LogP contribution in [0.1, 0.15) is 11.1 Å². The Hall–Kier alpha value is -2.32. The van der Waals surface area contributed by atoms with Crippen LogP contribution < -0.4 is 0 Å². The first-order chi connectivity index (χ1) is 10.7. The van der Waals surface area contributed by atoms with Crippen molar-refractivity contribution < 1.29 is 9.53 Å². The summed E-state index contributed by atoms with van der Waals surface area (Å²) >= 11 is 5.83. The Bertz CT molecular complexity index is 789. The van der Waals surface area contributed by atoms with Crippen LogP contribution in [-0.2, 0) is 22.6 Å². The number of fused-ring (bicyclic) bond motifs is 1. The van der Waals surface area contributed by atoms with Crippen LogP contribution in [0.4, 0.5) is 0 Å². The largest absolute Gasteiger partial charge is 0.461 e. The highest BCUT2D eigenvalue weighted by Gasteiger charge is 2.08. The fourth-order valence-electron chi connectivity index (χ4n) is 2.40. The number of halogens is 1. The van der Waals surface area contributed by atoms with Gasteiger partial charge in [0.2, 0.25) is 0 Å². The predicted octanol–water partition coefficient (Wildman–Crippen LogP) is 4.78. The fraction of sp³-hybridized carbons (Fsp3) is 0.105. The first-order valence-electron chi connectivity index (χ1n) is 7.09. The summed E-state index contributed by atoms with van der Waals surface area (Å²) < 4.78 is 5.34. The van der Waals surface area contributed by atoms with E-state index in [1.54, 1.807) is 12.1 Å². The average Bonchev–Trinajstić information content (AvgIpc) is 2.55. The van der Waals surface area contributed by atoms with Gasteiger partial charge in [0.25, 0.3) is 0 Å². The van der Waals surface area contributed by atoms with E-state index >= 15 is 0 Å². The molecular formula is C19H15ClO2. The van der Waals surface area contributed by atoms with Crippen molar-refractivity contribution in [1.29, 1.82) is 0 Å². The Labute approximate surface area is 134 Å². The quantitative estimate of drug-likeness (QED) is 0.648. The molecule has 22 heavy (non-hydrogen) atoms. The zero-order valence-corrected chi connectivity index (χ0v) is 12.7. The zero-order chi connectivity index (χ0) is 15.4. The molecule has 0 aliphatic heterocycles. The van der Waals surface area contributed by atoms with Crippen molar-refractivity contribution in [2.75, 3.05) is 0 Å². The van der Waals surface area contributed by atoms with E-state index in [9.17, 15) is 4.79 Å². The molecular weight excluding hydrogens is 296 g/mol. The number of benzene rings is 3. The van der Waals surface area contributed by atoms with Crippen LogP contribution in [0.15, 0.2) is 66.7 Å². The molecule has 0 saturated carbocycles. The highest BCUT2D eigenvalue weighted by molar-refractivity contribution is 6.30. The molecule has 3 rings (SSSR count). The van der Waals surface area contributed by atoms with E-state index in [-0.39, 0.29) is 19.0 Å². The van der Waals surface area contributed by atoms with Gasteiger partial charge in [-0.15, -0.1) is 0 Å². The summed E-state index contributed by atoms with van der Waals surface area (Å²) in [6.45, 7) is 0.265. The second-order valence-electron chi connectivity index (χ2n) is 5.10. The second kappa shape index (κ2) is 6.63. The van der Waals surface area contributed by atoms with Gasteiger partial charge in [-0.1, -0.05) is 66.2 Å². The first-order valence-corrected chi connectivity index (χ1v) is 7.47. The highest BCUT2D eigenvalue weighted by Crippen LogP contribution is 2.19. The van der Waals surface area contributed by atoms with Gasteiger partial charge in [-0.3, -0.25) is 4.79 Å². The van der Waals surface area contributed by atoms with Gasteiger partial charge in [0.1, 0.15) is 6.61 Å². The van der Waals surface area contributed by atoms with Gasteiger partial charge in [0, 0.05) is 5.02 Å². The van der Waals surface area contributed by atoms with Crippen molar-refractivity contribution in [2.45, 2.75) is 13.0 Å². The third-order valence-corrected chi connectivity index (χ3v) is 3.78. The smallest absolute Gasteiger partial charge is 0.310 e. The SMILES string of the molecule is O=C(Cc1cccc2ccccc12)OCc1ccc(Cl)cc1. The molecule has 0 aromatic heterocycles. The van der Waals surface area contributed by atoms with E-state index in [1.807, 2.05) is 54.6 Å². The summed E-state index contributed by atoms with van der Waals surface area (Å²) in [5.41, 5.74) is 1.91. The van der Waals surface area contributed by atoms with Crippen LogP contribution in [0.3, 0.4) is 0 Å². The Morgan fingerprint density at radius 3 is 2.45 bits per heavy atom. The lowest BCUT2D eigenvalue weighted by Crippen LogP contribution is -2.08. The van der Waals surface area contributed by atoms with Crippen molar-refractivity contribution in [3.63, 3.8) is 0 Å². The van der Waals surface area contributed by atoms with Crippen molar-refractivity contribution >= 4 is 28.3 Å². The topological polar surface area (TPSA) is 26.3 Å². The van der Waals surface area contributed by atoms with Crippen LogP contribution in [0.2, 0.25) is 5.02 Å². The molecule has 3 aromatic carbocycles. The molecule has 3 aromatic rings. The number of hydrogen-bond acceptors (Lipinski definition) is 2. The van der Waals surface area contributed by atoms with Crippen molar-refractivity contribution in [3.8, 4) is 0 Å². The number of rotatable bonds is 4. The zero-order valence-electron chi connectivity index (χ0n) is 12.0. The van der Waals surface area contributed by atoms with Gasteiger partial charge >= 0.3 is 5.97 Å². The van der Waals surface area contributed by atoms with Crippen LogP contribution >= 0.6 is 11.6 Å². The molecule has 0 bridgehead atoms. The molecule has 0 heterocycles. The molecule has 0 radical (unpaired) electrons. The molecule has 0 saturated heterocycles. The molecule has 0 aliphatic rings. The minimum atomic E-state index is -0.230. The number of carbonyl (C=O) groups is 1. The van der Waals surface area contributed by atoms with E-state index in [0.717, 1.165) is 21.9 Å². The lowest BCUT2D eigenvalue weighted by atomic mass is 10.0. The molecule has 2 nitrogen and oxygen atoms in total. The van der Waals surface area contributed by atoms with Crippen molar-refractivity contribution in [3.05, 3.63) is 82.9 Å². The van der Waals surface area contributed by atoms with Crippen LogP contribution in [0, 0.1) is 0 Å². The summed E-state index contributed by atoms with van der Waals surface area (Å²) in [6.07, 6.45) is 0.273. The number of carbonyl (C=O) groups excluding carboxylic acids is 1. The molecule has 0 N–H and O–H groups in total. The molecule has 0 aliphatic carbocycles. The maximum atomic E-state index is 12.0. The lowest BCUT2D eigenvalue weighted by Gasteiger charge is -2.08.